The van der Waals surface area contributed by atoms with Gasteiger partial charge in [0, 0.05) is 5.00 Å². The Morgan fingerprint density at radius 3 is 2.24 bits per heavy atom. The van der Waals surface area contributed by atoms with Gasteiger partial charge in [0.1, 0.15) is 0 Å². The van der Waals surface area contributed by atoms with Gasteiger partial charge in [0.25, 0.3) is 0 Å². The van der Waals surface area contributed by atoms with Gasteiger partial charge >= 0.3 is 5.97 Å². The average Bonchev–Trinajstić information content (AvgIpc) is 2.31. The minimum atomic E-state index is -0.881. The van der Waals surface area contributed by atoms with Crippen LogP contribution in [0.15, 0.2) is 24.3 Å². The number of carboxylic acid groups (broad SMARTS) is 1. The Balaban J connectivity index is 2.65. The van der Waals surface area contributed by atoms with Crippen LogP contribution in [-0.2, 0) is 6.42 Å². The molecule has 0 bridgehead atoms. The second kappa shape index (κ2) is 6.82. The van der Waals surface area contributed by atoms with Crippen molar-refractivity contribution in [1.29, 1.82) is 0 Å². The summed E-state index contributed by atoms with van der Waals surface area (Å²) < 4.78 is 0. The molecule has 94 valence electrons. The number of carbonyl (C=O) groups is 1. The highest BCUT2D eigenvalue weighted by Crippen LogP contribution is 2.16. The van der Waals surface area contributed by atoms with Crippen LogP contribution < -0.4 is 0 Å². The molecule has 4 heteroatoms. The number of aromatic carboxylic acids is 1. The lowest BCUT2D eigenvalue weighted by molar-refractivity contribution is 0.0697. The molecule has 0 saturated carbocycles. The Labute approximate surface area is 109 Å². The molecule has 0 aliphatic rings. The van der Waals surface area contributed by atoms with Crippen LogP contribution >= 0.6 is 11.6 Å². The van der Waals surface area contributed by atoms with Crippen molar-refractivity contribution in [2.45, 2.75) is 37.4 Å². The fourth-order valence-electron chi connectivity index (χ4n) is 1.98. The first-order valence-corrected chi connectivity index (χ1v) is 8.78. The third kappa shape index (κ3) is 4.17. The third-order valence-corrected chi connectivity index (χ3v) is 7.77. The SMILES string of the molecule is CC[SiH](CC)C(Cl)Cc1ccc(C(=O)O)cc1. The molecule has 1 unspecified atom stereocenters. The Morgan fingerprint density at radius 1 is 1.29 bits per heavy atom. The van der Waals surface area contributed by atoms with Gasteiger partial charge in [-0.15, -0.1) is 11.6 Å². The predicted octanol–water partition coefficient (Wildman–Crippen LogP) is 3.34. The summed E-state index contributed by atoms with van der Waals surface area (Å²) in [5.74, 6) is -0.881. The van der Waals surface area contributed by atoms with Crippen LogP contribution in [0.4, 0.5) is 0 Å². The molecule has 1 atom stereocenters. The van der Waals surface area contributed by atoms with Crippen LogP contribution in [0.3, 0.4) is 0 Å². The Bertz CT molecular complexity index is 360. The lowest BCUT2D eigenvalue weighted by Gasteiger charge is -2.17. The standard InChI is InChI=1S/C13H19ClO2Si/c1-3-17(4-2)12(14)9-10-5-7-11(8-6-10)13(15)16/h5-8,12,17H,3-4,9H2,1-2H3,(H,15,16). The fraction of sp³-hybridized carbons (Fsp3) is 0.462. The molecule has 1 aromatic carbocycles. The summed E-state index contributed by atoms with van der Waals surface area (Å²) in [5, 5.41) is 9.07. The van der Waals surface area contributed by atoms with Gasteiger partial charge in [-0.2, -0.15) is 0 Å². The highest BCUT2D eigenvalue weighted by Gasteiger charge is 2.17. The molecule has 1 rings (SSSR count). The second-order valence-corrected chi connectivity index (χ2v) is 9.24. The van der Waals surface area contributed by atoms with Crippen molar-refractivity contribution in [2.24, 2.45) is 0 Å². The Kier molecular flexibility index (Phi) is 5.72. The van der Waals surface area contributed by atoms with Gasteiger partial charge in [0.05, 0.1) is 14.4 Å². The molecular formula is C13H19ClO2Si. The molecule has 0 aliphatic carbocycles. The second-order valence-electron chi connectivity index (χ2n) is 4.30. The normalized spacial score (nSPS) is 12.7. The van der Waals surface area contributed by atoms with Crippen LogP contribution in [-0.4, -0.2) is 24.9 Å². The summed E-state index contributed by atoms with van der Waals surface area (Å²) in [4.78, 5) is 10.7. The summed E-state index contributed by atoms with van der Waals surface area (Å²) in [6.07, 6.45) is 0.861. The summed E-state index contributed by atoms with van der Waals surface area (Å²) >= 11 is 6.43. The predicted molar refractivity (Wildman–Crippen MR) is 74.9 cm³/mol. The van der Waals surface area contributed by atoms with Crippen molar-refractivity contribution >= 4 is 26.4 Å². The summed E-state index contributed by atoms with van der Waals surface area (Å²) in [7, 11) is -0.839. The van der Waals surface area contributed by atoms with E-state index in [4.69, 9.17) is 16.7 Å². The Morgan fingerprint density at radius 2 is 1.82 bits per heavy atom. The van der Waals surface area contributed by atoms with Crippen LogP contribution in [0.1, 0.15) is 29.8 Å². The largest absolute Gasteiger partial charge is 0.478 e. The number of hydrogen-bond acceptors (Lipinski definition) is 1. The van der Waals surface area contributed by atoms with E-state index < -0.39 is 14.8 Å². The van der Waals surface area contributed by atoms with E-state index in [2.05, 4.69) is 13.8 Å². The first-order valence-electron chi connectivity index (χ1n) is 6.04. The highest BCUT2D eigenvalue weighted by molar-refractivity contribution is 6.69. The zero-order valence-electron chi connectivity index (χ0n) is 10.3. The van der Waals surface area contributed by atoms with E-state index >= 15 is 0 Å². The number of rotatable bonds is 6. The number of halogens is 1. The van der Waals surface area contributed by atoms with Gasteiger partial charge in [0.2, 0.25) is 0 Å². The number of alkyl halides is 1. The van der Waals surface area contributed by atoms with Gasteiger partial charge in [-0.1, -0.05) is 38.1 Å². The topological polar surface area (TPSA) is 37.3 Å². The molecule has 0 fully saturated rings. The van der Waals surface area contributed by atoms with E-state index in [1.165, 1.54) is 12.1 Å². The van der Waals surface area contributed by atoms with Gasteiger partial charge in [-0.25, -0.2) is 4.79 Å². The summed E-state index contributed by atoms with van der Waals surface area (Å²) in [5.41, 5.74) is 1.47. The number of benzene rings is 1. The molecule has 0 radical (unpaired) electrons. The van der Waals surface area contributed by atoms with E-state index in [1.54, 1.807) is 12.1 Å². The van der Waals surface area contributed by atoms with Crippen molar-refractivity contribution in [1.82, 2.24) is 0 Å². The van der Waals surface area contributed by atoms with Gasteiger partial charge < -0.3 is 5.11 Å². The van der Waals surface area contributed by atoms with E-state index in [0.717, 1.165) is 12.0 Å². The van der Waals surface area contributed by atoms with Crippen molar-refractivity contribution < 1.29 is 9.90 Å². The maximum absolute atomic E-state index is 10.7. The summed E-state index contributed by atoms with van der Waals surface area (Å²) in [6.45, 7) is 4.42. The van der Waals surface area contributed by atoms with E-state index in [0.29, 0.717) is 5.56 Å². The van der Waals surface area contributed by atoms with Crippen LogP contribution in [0.2, 0.25) is 12.1 Å². The maximum Gasteiger partial charge on any atom is 0.335 e. The highest BCUT2D eigenvalue weighted by atomic mass is 35.5. The monoisotopic (exact) mass is 270 g/mol. The molecule has 2 nitrogen and oxygen atoms in total. The minimum Gasteiger partial charge on any atom is -0.478 e. The average molecular weight is 271 g/mol. The zero-order valence-corrected chi connectivity index (χ0v) is 12.2. The molecule has 0 aromatic heterocycles. The van der Waals surface area contributed by atoms with Crippen molar-refractivity contribution in [3.05, 3.63) is 35.4 Å². The zero-order chi connectivity index (χ0) is 12.8. The molecule has 0 heterocycles. The Hall–Kier alpha value is -0.803. The lowest BCUT2D eigenvalue weighted by atomic mass is 10.1. The number of carboxylic acids is 1. The quantitative estimate of drug-likeness (QED) is 0.636. The van der Waals surface area contributed by atoms with Gasteiger partial charge in [0.15, 0.2) is 0 Å². The fourth-order valence-corrected chi connectivity index (χ4v) is 5.43. The molecule has 0 amide bonds. The van der Waals surface area contributed by atoms with E-state index in [9.17, 15) is 4.79 Å². The number of hydrogen-bond donors (Lipinski definition) is 1. The van der Waals surface area contributed by atoms with Gasteiger partial charge in [-0.3, -0.25) is 0 Å². The molecule has 1 N–H and O–H groups in total. The van der Waals surface area contributed by atoms with Crippen molar-refractivity contribution in [3.63, 3.8) is 0 Å². The first kappa shape index (κ1) is 14.3. The maximum atomic E-state index is 10.7. The van der Waals surface area contributed by atoms with Crippen LogP contribution in [0.5, 0.6) is 0 Å². The molecule has 0 saturated heterocycles. The smallest absolute Gasteiger partial charge is 0.335 e. The third-order valence-electron chi connectivity index (χ3n) is 3.19. The first-order chi connectivity index (χ1) is 8.08. The lowest BCUT2D eigenvalue weighted by Crippen LogP contribution is -2.26. The minimum absolute atomic E-state index is 0.265. The molecule has 0 spiro atoms. The molecular weight excluding hydrogens is 252 g/mol. The van der Waals surface area contributed by atoms with Crippen LogP contribution in [0.25, 0.3) is 0 Å². The molecule has 0 aliphatic heterocycles. The van der Waals surface area contributed by atoms with Crippen molar-refractivity contribution in [2.75, 3.05) is 0 Å². The molecule has 1 aromatic rings. The molecule has 17 heavy (non-hydrogen) atoms. The van der Waals surface area contributed by atoms with E-state index in [-0.39, 0.29) is 5.00 Å². The van der Waals surface area contributed by atoms with E-state index in [1.807, 2.05) is 12.1 Å². The summed E-state index contributed by atoms with van der Waals surface area (Å²) in [6, 6.07) is 9.48. The van der Waals surface area contributed by atoms with Crippen LogP contribution in [0, 0.1) is 0 Å². The van der Waals surface area contributed by atoms with Crippen molar-refractivity contribution in [3.8, 4) is 0 Å². The van der Waals surface area contributed by atoms with Gasteiger partial charge in [-0.05, 0) is 24.1 Å².